The molecule has 2 saturated carbocycles. The van der Waals surface area contributed by atoms with Crippen LogP contribution in [-0.2, 0) is 0 Å². The second-order valence-electron chi connectivity index (χ2n) is 6.13. The van der Waals surface area contributed by atoms with Gasteiger partial charge in [0.2, 0.25) is 0 Å². The molecule has 1 aromatic rings. The summed E-state index contributed by atoms with van der Waals surface area (Å²) in [6.07, 6.45) is 7.21. The lowest BCUT2D eigenvalue weighted by Crippen LogP contribution is -2.23. The van der Waals surface area contributed by atoms with Crippen LogP contribution in [0.4, 0.5) is 5.82 Å². The van der Waals surface area contributed by atoms with Crippen LogP contribution in [0, 0.1) is 23.7 Å². The third kappa shape index (κ3) is 1.64. The molecule has 2 bridgehead atoms. The van der Waals surface area contributed by atoms with Gasteiger partial charge in [0.1, 0.15) is 5.82 Å². The van der Waals surface area contributed by atoms with Crippen molar-refractivity contribution in [3.63, 3.8) is 0 Å². The molecule has 100 valence electrons. The fraction of sp³-hybridized carbons (Fsp3) is 0.643. The second-order valence-corrected chi connectivity index (χ2v) is 6.13. The maximum atomic E-state index is 10.8. The minimum Gasteiger partial charge on any atom is -0.476 e. The molecule has 4 unspecified atom stereocenters. The van der Waals surface area contributed by atoms with Gasteiger partial charge in [0, 0.05) is 13.1 Å². The topological polar surface area (TPSA) is 66.3 Å². The SMILES string of the molecule is O=C(O)c1cnc(N2CC3C4CCC(C4)C3C2)cn1. The van der Waals surface area contributed by atoms with Crippen LogP contribution < -0.4 is 4.90 Å². The number of carboxylic acids is 1. The molecule has 0 radical (unpaired) electrons. The van der Waals surface area contributed by atoms with Crippen LogP contribution in [0.25, 0.3) is 0 Å². The van der Waals surface area contributed by atoms with Crippen LogP contribution in [-0.4, -0.2) is 34.1 Å². The van der Waals surface area contributed by atoms with Gasteiger partial charge >= 0.3 is 5.97 Å². The Morgan fingerprint density at radius 1 is 1.16 bits per heavy atom. The van der Waals surface area contributed by atoms with E-state index < -0.39 is 5.97 Å². The highest BCUT2D eigenvalue weighted by atomic mass is 16.4. The molecule has 0 amide bonds. The zero-order valence-electron chi connectivity index (χ0n) is 10.7. The van der Waals surface area contributed by atoms with Gasteiger partial charge in [-0.05, 0) is 42.9 Å². The molecule has 2 aliphatic carbocycles. The fourth-order valence-corrected chi connectivity index (χ4v) is 4.46. The molecule has 4 atom stereocenters. The zero-order chi connectivity index (χ0) is 13.0. The van der Waals surface area contributed by atoms with Crippen molar-refractivity contribution >= 4 is 11.8 Å². The Morgan fingerprint density at radius 2 is 1.84 bits per heavy atom. The van der Waals surface area contributed by atoms with E-state index in [1.165, 1.54) is 25.5 Å². The highest BCUT2D eigenvalue weighted by Gasteiger charge is 2.51. The van der Waals surface area contributed by atoms with Crippen molar-refractivity contribution in [2.24, 2.45) is 23.7 Å². The molecule has 0 aromatic carbocycles. The Morgan fingerprint density at radius 3 is 2.37 bits per heavy atom. The summed E-state index contributed by atoms with van der Waals surface area (Å²) >= 11 is 0. The molecule has 3 aliphatic rings. The first-order chi connectivity index (χ1) is 9.22. The zero-order valence-corrected chi connectivity index (χ0v) is 10.7. The Bertz CT molecular complexity index is 498. The molecule has 5 nitrogen and oxygen atoms in total. The van der Waals surface area contributed by atoms with E-state index in [2.05, 4.69) is 14.9 Å². The van der Waals surface area contributed by atoms with Gasteiger partial charge in [-0.2, -0.15) is 0 Å². The van der Waals surface area contributed by atoms with Gasteiger partial charge in [0.25, 0.3) is 0 Å². The smallest absolute Gasteiger partial charge is 0.356 e. The lowest BCUT2D eigenvalue weighted by molar-refractivity contribution is 0.0690. The number of hydrogen-bond acceptors (Lipinski definition) is 4. The van der Waals surface area contributed by atoms with Gasteiger partial charge in [-0.25, -0.2) is 14.8 Å². The number of carbonyl (C=O) groups is 1. The van der Waals surface area contributed by atoms with E-state index in [9.17, 15) is 4.79 Å². The van der Waals surface area contributed by atoms with Crippen molar-refractivity contribution in [3.05, 3.63) is 18.1 Å². The van der Waals surface area contributed by atoms with Crippen LogP contribution in [0.15, 0.2) is 12.4 Å². The molecule has 5 heteroatoms. The maximum Gasteiger partial charge on any atom is 0.356 e. The summed E-state index contributed by atoms with van der Waals surface area (Å²) < 4.78 is 0. The molecular formula is C14H17N3O2. The van der Waals surface area contributed by atoms with Crippen molar-refractivity contribution in [3.8, 4) is 0 Å². The number of nitrogens with zero attached hydrogens (tertiary/aromatic N) is 3. The summed E-state index contributed by atoms with van der Waals surface area (Å²) in [5.74, 6) is 3.33. The molecule has 0 spiro atoms. The van der Waals surface area contributed by atoms with Gasteiger partial charge in [-0.3, -0.25) is 0 Å². The number of fused-ring (bicyclic) bond motifs is 5. The molecule has 1 aromatic heterocycles. The number of aromatic carboxylic acids is 1. The third-order valence-corrected chi connectivity index (χ3v) is 5.32. The quantitative estimate of drug-likeness (QED) is 0.875. The first-order valence-corrected chi connectivity index (χ1v) is 7.02. The molecule has 1 saturated heterocycles. The highest BCUT2D eigenvalue weighted by molar-refractivity contribution is 5.84. The van der Waals surface area contributed by atoms with Gasteiger partial charge in [0.15, 0.2) is 5.69 Å². The van der Waals surface area contributed by atoms with Crippen molar-refractivity contribution in [2.45, 2.75) is 19.3 Å². The predicted octanol–water partition coefficient (Wildman–Crippen LogP) is 1.66. The average Bonchev–Trinajstić information content (AvgIpc) is 3.11. The summed E-state index contributed by atoms with van der Waals surface area (Å²) in [6, 6.07) is 0. The lowest BCUT2D eigenvalue weighted by Gasteiger charge is -2.22. The Kier molecular flexibility index (Phi) is 2.31. The summed E-state index contributed by atoms with van der Waals surface area (Å²) in [5.41, 5.74) is 0.0169. The van der Waals surface area contributed by atoms with Crippen LogP contribution >= 0.6 is 0 Å². The van der Waals surface area contributed by atoms with Crippen molar-refractivity contribution in [1.82, 2.24) is 9.97 Å². The van der Waals surface area contributed by atoms with Crippen molar-refractivity contribution in [2.75, 3.05) is 18.0 Å². The summed E-state index contributed by atoms with van der Waals surface area (Å²) in [4.78, 5) is 21.3. The van der Waals surface area contributed by atoms with Crippen LogP contribution in [0.2, 0.25) is 0 Å². The van der Waals surface area contributed by atoms with Gasteiger partial charge in [0.05, 0.1) is 12.4 Å². The van der Waals surface area contributed by atoms with E-state index in [-0.39, 0.29) is 5.69 Å². The lowest BCUT2D eigenvalue weighted by atomic mass is 9.82. The average molecular weight is 259 g/mol. The van der Waals surface area contributed by atoms with Crippen molar-refractivity contribution in [1.29, 1.82) is 0 Å². The number of rotatable bonds is 2. The number of carboxylic acid groups (broad SMARTS) is 1. The monoisotopic (exact) mass is 259 g/mol. The first-order valence-electron chi connectivity index (χ1n) is 7.02. The van der Waals surface area contributed by atoms with Crippen molar-refractivity contribution < 1.29 is 9.90 Å². The Balaban J connectivity index is 1.53. The molecule has 3 fully saturated rings. The fourth-order valence-electron chi connectivity index (χ4n) is 4.46. The third-order valence-electron chi connectivity index (χ3n) is 5.32. The van der Waals surface area contributed by atoms with E-state index in [0.29, 0.717) is 0 Å². The second kappa shape index (κ2) is 3.92. The molecular weight excluding hydrogens is 242 g/mol. The standard InChI is InChI=1S/C14H17N3O2/c18-14(19)12-4-16-13(5-15-12)17-6-10-8-1-2-9(3-8)11(10)7-17/h4-5,8-11H,1-3,6-7H2,(H,18,19). The summed E-state index contributed by atoms with van der Waals surface area (Å²) in [6.45, 7) is 2.15. The number of hydrogen-bond donors (Lipinski definition) is 1. The molecule has 1 N–H and O–H groups in total. The first kappa shape index (κ1) is 11.2. The summed E-state index contributed by atoms with van der Waals surface area (Å²) in [7, 11) is 0. The molecule has 19 heavy (non-hydrogen) atoms. The van der Waals surface area contributed by atoms with Gasteiger partial charge in [-0.1, -0.05) is 0 Å². The number of anilines is 1. The van der Waals surface area contributed by atoms with Gasteiger partial charge < -0.3 is 10.0 Å². The van der Waals surface area contributed by atoms with Crippen LogP contribution in [0.5, 0.6) is 0 Å². The normalized spacial score (nSPS) is 35.7. The Labute approximate surface area is 111 Å². The molecule has 1 aliphatic heterocycles. The highest BCUT2D eigenvalue weighted by Crippen LogP contribution is 2.55. The van der Waals surface area contributed by atoms with E-state index in [0.717, 1.165) is 42.6 Å². The van der Waals surface area contributed by atoms with E-state index in [1.807, 2.05) is 0 Å². The molecule has 4 rings (SSSR count). The van der Waals surface area contributed by atoms with Crippen LogP contribution in [0.1, 0.15) is 29.8 Å². The van der Waals surface area contributed by atoms with E-state index in [1.54, 1.807) is 6.20 Å². The Hall–Kier alpha value is -1.65. The minimum atomic E-state index is -1.02. The van der Waals surface area contributed by atoms with Crippen LogP contribution in [0.3, 0.4) is 0 Å². The summed E-state index contributed by atoms with van der Waals surface area (Å²) in [5, 5.41) is 8.83. The maximum absolute atomic E-state index is 10.8. The number of aromatic nitrogens is 2. The minimum absolute atomic E-state index is 0.0169. The largest absolute Gasteiger partial charge is 0.476 e. The van der Waals surface area contributed by atoms with E-state index in [4.69, 9.17) is 5.11 Å². The van der Waals surface area contributed by atoms with Gasteiger partial charge in [-0.15, -0.1) is 0 Å². The molecule has 2 heterocycles. The predicted molar refractivity (Wildman–Crippen MR) is 69.0 cm³/mol. The van der Waals surface area contributed by atoms with E-state index >= 15 is 0 Å².